The third kappa shape index (κ3) is 3.07. The molecule has 0 aromatic heterocycles. The lowest BCUT2D eigenvalue weighted by atomic mass is 10.2. The number of nitrogens with zero attached hydrogens (tertiary/aromatic N) is 1. The molecule has 0 aliphatic rings. The zero-order valence-corrected chi connectivity index (χ0v) is 11.0. The maximum absolute atomic E-state index is 10.7. The minimum atomic E-state index is -0.604. The summed E-state index contributed by atoms with van der Waals surface area (Å²) >= 11 is 11.7. The number of nitrogen functional groups attached to an aromatic ring is 1. The van der Waals surface area contributed by atoms with Crippen molar-refractivity contribution >= 4 is 34.6 Å². The van der Waals surface area contributed by atoms with Crippen LogP contribution < -0.4 is 10.5 Å². The summed E-state index contributed by atoms with van der Waals surface area (Å²) < 4.78 is 5.49. The molecule has 0 unspecified atom stereocenters. The average molecular weight is 299 g/mol. The number of nitrogens with two attached hydrogens (primary N) is 1. The molecule has 0 amide bonds. The van der Waals surface area contributed by atoms with Crippen LogP contribution in [0.4, 0.5) is 11.4 Å². The van der Waals surface area contributed by atoms with Crippen LogP contribution >= 0.6 is 23.2 Å². The third-order valence-electron chi connectivity index (χ3n) is 2.32. The molecule has 7 heteroatoms. The minimum absolute atomic E-state index is 0.0154. The van der Waals surface area contributed by atoms with Gasteiger partial charge < -0.3 is 10.5 Å². The predicted molar refractivity (Wildman–Crippen MR) is 74.0 cm³/mol. The normalized spacial score (nSPS) is 10.2. The summed E-state index contributed by atoms with van der Waals surface area (Å²) in [6, 6.07) is 9.07. The zero-order chi connectivity index (χ0) is 14.0. The number of rotatable bonds is 3. The molecule has 0 fully saturated rings. The van der Waals surface area contributed by atoms with Crippen molar-refractivity contribution in [1.82, 2.24) is 0 Å². The molecule has 0 spiro atoms. The van der Waals surface area contributed by atoms with E-state index in [-0.39, 0.29) is 22.1 Å². The molecule has 98 valence electrons. The van der Waals surface area contributed by atoms with Crippen LogP contribution in [0, 0.1) is 10.1 Å². The first-order valence-corrected chi connectivity index (χ1v) is 5.90. The molecule has 0 heterocycles. The standard InChI is InChI=1S/C12H8Cl2N2O3/c13-7-1-3-8(4-2-7)19-12-6-10(15)11(16(17)18)5-9(12)14/h1-6H,15H2. The van der Waals surface area contributed by atoms with Crippen molar-refractivity contribution in [3.8, 4) is 11.5 Å². The highest BCUT2D eigenvalue weighted by Gasteiger charge is 2.16. The van der Waals surface area contributed by atoms with Gasteiger partial charge in [0.25, 0.3) is 5.69 Å². The van der Waals surface area contributed by atoms with E-state index in [1.54, 1.807) is 24.3 Å². The van der Waals surface area contributed by atoms with Crippen LogP contribution in [0.2, 0.25) is 10.0 Å². The first-order valence-electron chi connectivity index (χ1n) is 5.14. The quantitative estimate of drug-likeness (QED) is 0.521. The molecule has 5 nitrogen and oxygen atoms in total. The summed E-state index contributed by atoms with van der Waals surface area (Å²) in [6.07, 6.45) is 0. The Labute approximate surface area is 118 Å². The van der Waals surface area contributed by atoms with Gasteiger partial charge in [-0.3, -0.25) is 10.1 Å². The maximum Gasteiger partial charge on any atom is 0.293 e. The van der Waals surface area contributed by atoms with Crippen LogP contribution in [0.15, 0.2) is 36.4 Å². The van der Waals surface area contributed by atoms with Gasteiger partial charge >= 0.3 is 0 Å². The molecule has 0 radical (unpaired) electrons. The molecule has 2 aromatic rings. The first-order chi connectivity index (χ1) is 8.97. The summed E-state index contributed by atoms with van der Waals surface area (Å²) in [5.74, 6) is 0.742. The van der Waals surface area contributed by atoms with Crippen LogP contribution in [0.1, 0.15) is 0 Å². The van der Waals surface area contributed by atoms with Gasteiger partial charge in [0, 0.05) is 17.2 Å². The Balaban J connectivity index is 2.33. The molecule has 19 heavy (non-hydrogen) atoms. The van der Waals surface area contributed by atoms with Crippen LogP contribution in [0.25, 0.3) is 0 Å². The van der Waals surface area contributed by atoms with E-state index in [1.807, 2.05) is 0 Å². The lowest BCUT2D eigenvalue weighted by Gasteiger charge is -2.08. The predicted octanol–water partition coefficient (Wildman–Crippen LogP) is 4.28. The lowest BCUT2D eigenvalue weighted by molar-refractivity contribution is -0.383. The van der Waals surface area contributed by atoms with E-state index in [4.69, 9.17) is 33.7 Å². The number of nitro benzene ring substituents is 1. The third-order valence-corrected chi connectivity index (χ3v) is 2.87. The largest absolute Gasteiger partial charge is 0.456 e. The summed E-state index contributed by atoms with van der Waals surface area (Å²) in [6.45, 7) is 0. The van der Waals surface area contributed by atoms with Gasteiger partial charge in [-0.2, -0.15) is 0 Å². The van der Waals surface area contributed by atoms with Crippen molar-refractivity contribution in [2.24, 2.45) is 0 Å². The molecule has 0 bridgehead atoms. The van der Waals surface area contributed by atoms with E-state index < -0.39 is 4.92 Å². The fraction of sp³-hybridized carbons (Fsp3) is 0. The van der Waals surface area contributed by atoms with E-state index in [1.165, 1.54) is 6.07 Å². The second-order valence-corrected chi connectivity index (χ2v) is 4.50. The van der Waals surface area contributed by atoms with Gasteiger partial charge in [-0.1, -0.05) is 23.2 Å². The Hall–Kier alpha value is -1.98. The Morgan fingerprint density at radius 1 is 1.16 bits per heavy atom. The van der Waals surface area contributed by atoms with Gasteiger partial charge in [0.2, 0.25) is 0 Å². The topological polar surface area (TPSA) is 78.4 Å². The SMILES string of the molecule is Nc1cc(Oc2ccc(Cl)cc2)c(Cl)cc1[N+](=O)[O-]. The van der Waals surface area contributed by atoms with Gasteiger partial charge in [0.05, 0.1) is 9.95 Å². The number of hydrogen-bond donors (Lipinski definition) is 1. The number of benzene rings is 2. The molecular formula is C12H8Cl2N2O3. The summed E-state index contributed by atoms with van der Waals surface area (Å²) in [7, 11) is 0. The molecular weight excluding hydrogens is 291 g/mol. The molecule has 0 saturated heterocycles. The maximum atomic E-state index is 10.7. The van der Waals surface area contributed by atoms with Crippen LogP contribution in [0.3, 0.4) is 0 Å². The van der Waals surface area contributed by atoms with E-state index in [0.717, 1.165) is 6.07 Å². The van der Waals surface area contributed by atoms with Gasteiger partial charge in [-0.25, -0.2) is 0 Å². The first kappa shape index (κ1) is 13.5. The minimum Gasteiger partial charge on any atom is -0.456 e. The summed E-state index contributed by atoms with van der Waals surface area (Å²) in [5, 5.41) is 11.4. The Morgan fingerprint density at radius 2 is 1.79 bits per heavy atom. The lowest BCUT2D eigenvalue weighted by Crippen LogP contribution is -1.96. The Bertz CT molecular complexity index is 630. The van der Waals surface area contributed by atoms with Crippen molar-refractivity contribution in [3.63, 3.8) is 0 Å². The summed E-state index contributed by atoms with van der Waals surface area (Å²) in [4.78, 5) is 10.1. The number of hydrogen-bond acceptors (Lipinski definition) is 4. The molecule has 2 N–H and O–H groups in total. The number of nitro groups is 1. The monoisotopic (exact) mass is 298 g/mol. The fourth-order valence-corrected chi connectivity index (χ4v) is 1.75. The Morgan fingerprint density at radius 3 is 2.37 bits per heavy atom. The highest BCUT2D eigenvalue weighted by molar-refractivity contribution is 6.32. The van der Waals surface area contributed by atoms with E-state index in [9.17, 15) is 10.1 Å². The van der Waals surface area contributed by atoms with Gasteiger partial charge in [0.1, 0.15) is 17.2 Å². The van der Waals surface area contributed by atoms with Gasteiger partial charge in [-0.15, -0.1) is 0 Å². The van der Waals surface area contributed by atoms with Crippen LogP contribution in [-0.2, 0) is 0 Å². The zero-order valence-electron chi connectivity index (χ0n) is 9.47. The smallest absolute Gasteiger partial charge is 0.293 e. The Kier molecular flexibility index (Phi) is 3.78. The molecule has 2 aromatic carbocycles. The second kappa shape index (κ2) is 5.34. The van der Waals surface area contributed by atoms with Crippen LogP contribution in [0.5, 0.6) is 11.5 Å². The van der Waals surface area contributed by atoms with Crippen molar-refractivity contribution in [1.29, 1.82) is 0 Å². The molecule has 0 atom stereocenters. The van der Waals surface area contributed by atoms with E-state index >= 15 is 0 Å². The molecule has 0 aliphatic heterocycles. The van der Waals surface area contributed by atoms with Crippen molar-refractivity contribution in [3.05, 3.63) is 56.6 Å². The van der Waals surface area contributed by atoms with Crippen LogP contribution in [-0.4, -0.2) is 4.92 Å². The summed E-state index contributed by atoms with van der Waals surface area (Å²) in [5.41, 5.74) is 5.30. The molecule has 0 saturated carbocycles. The van der Waals surface area contributed by atoms with Crippen molar-refractivity contribution in [2.75, 3.05) is 5.73 Å². The van der Waals surface area contributed by atoms with E-state index in [0.29, 0.717) is 10.8 Å². The number of anilines is 1. The number of halogens is 2. The fourth-order valence-electron chi connectivity index (χ4n) is 1.42. The highest BCUT2D eigenvalue weighted by atomic mass is 35.5. The van der Waals surface area contributed by atoms with Gasteiger partial charge in [-0.05, 0) is 24.3 Å². The highest BCUT2D eigenvalue weighted by Crippen LogP contribution is 2.36. The van der Waals surface area contributed by atoms with Crippen molar-refractivity contribution in [2.45, 2.75) is 0 Å². The van der Waals surface area contributed by atoms with Gasteiger partial charge in [0.15, 0.2) is 0 Å². The molecule has 2 rings (SSSR count). The van der Waals surface area contributed by atoms with E-state index in [2.05, 4.69) is 0 Å². The number of ether oxygens (including phenoxy) is 1. The van der Waals surface area contributed by atoms with Crippen molar-refractivity contribution < 1.29 is 9.66 Å². The molecule has 0 aliphatic carbocycles. The second-order valence-electron chi connectivity index (χ2n) is 3.65. The average Bonchev–Trinajstić information content (AvgIpc) is 2.35.